The molecule has 1 unspecified atom stereocenters. The SMILES string of the molecule is C#CC(C)Oc1nc(NN)nc2sccc12. The number of fused-ring (bicyclic) bond motifs is 1. The molecule has 0 saturated carbocycles. The second-order valence-electron chi connectivity index (χ2n) is 3.06. The number of hydrogen-bond donors (Lipinski definition) is 2. The van der Waals surface area contributed by atoms with Crippen LogP contribution in [0.1, 0.15) is 6.92 Å². The fraction of sp³-hybridized carbons (Fsp3) is 0.200. The summed E-state index contributed by atoms with van der Waals surface area (Å²) in [5.41, 5.74) is 2.39. The Morgan fingerprint density at radius 2 is 2.44 bits per heavy atom. The van der Waals surface area contributed by atoms with Crippen LogP contribution in [0.4, 0.5) is 5.95 Å². The minimum absolute atomic E-state index is 0.314. The first-order valence-corrected chi connectivity index (χ1v) is 5.47. The Bertz CT molecular complexity index is 545. The van der Waals surface area contributed by atoms with Crippen molar-refractivity contribution >= 4 is 27.5 Å². The van der Waals surface area contributed by atoms with Gasteiger partial charge < -0.3 is 4.74 Å². The van der Waals surface area contributed by atoms with Crippen LogP contribution in [0.15, 0.2) is 11.4 Å². The van der Waals surface area contributed by atoms with Crippen molar-refractivity contribution in [3.05, 3.63) is 11.4 Å². The van der Waals surface area contributed by atoms with Gasteiger partial charge in [0.1, 0.15) is 4.83 Å². The van der Waals surface area contributed by atoms with Crippen molar-refractivity contribution in [3.63, 3.8) is 0 Å². The third-order valence-corrected chi connectivity index (χ3v) is 2.75. The van der Waals surface area contributed by atoms with E-state index in [-0.39, 0.29) is 6.10 Å². The molecule has 6 heteroatoms. The van der Waals surface area contributed by atoms with Crippen LogP contribution in [0.5, 0.6) is 5.88 Å². The number of ether oxygens (including phenoxy) is 1. The van der Waals surface area contributed by atoms with Crippen molar-refractivity contribution in [2.45, 2.75) is 13.0 Å². The van der Waals surface area contributed by atoms with Gasteiger partial charge in [-0.25, -0.2) is 10.8 Å². The molecule has 0 fully saturated rings. The van der Waals surface area contributed by atoms with Gasteiger partial charge in [-0.2, -0.15) is 4.98 Å². The zero-order chi connectivity index (χ0) is 11.5. The van der Waals surface area contributed by atoms with Gasteiger partial charge >= 0.3 is 0 Å². The molecule has 5 nitrogen and oxygen atoms in total. The molecular weight excluding hydrogens is 224 g/mol. The first-order valence-electron chi connectivity index (χ1n) is 4.59. The Hall–Kier alpha value is -1.84. The van der Waals surface area contributed by atoms with Crippen LogP contribution in [0.3, 0.4) is 0 Å². The molecule has 0 aliphatic heterocycles. The number of thiophene rings is 1. The fourth-order valence-corrected chi connectivity index (χ4v) is 1.94. The van der Waals surface area contributed by atoms with Crippen molar-refractivity contribution in [1.29, 1.82) is 0 Å². The van der Waals surface area contributed by atoms with Crippen molar-refractivity contribution in [2.75, 3.05) is 5.43 Å². The van der Waals surface area contributed by atoms with E-state index < -0.39 is 0 Å². The lowest BCUT2D eigenvalue weighted by atomic mass is 10.4. The summed E-state index contributed by atoms with van der Waals surface area (Å²) in [6.45, 7) is 1.77. The van der Waals surface area contributed by atoms with E-state index in [4.69, 9.17) is 17.0 Å². The predicted molar refractivity (Wildman–Crippen MR) is 64.1 cm³/mol. The molecule has 82 valence electrons. The Morgan fingerprint density at radius 1 is 1.62 bits per heavy atom. The number of nitrogens with zero attached hydrogens (tertiary/aromatic N) is 2. The molecule has 0 amide bonds. The molecule has 16 heavy (non-hydrogen) atoms. The van der Waals surface area contributed by atoms with Crippen LogP contribution in [0, 0.1) is 12.3 Å². The van der Waals surface area contributed by atoms with Gasteiger partial charge in [-0.05, 0) is 18.4 Å². The average molecular weight is 234 g/mol. The van der Waals surface area contributed by atoms with Crippen LogP contribution >= 0.6 is 11.3 Å². The summed E-state index contributed by atoms with van der Waals surface area (Å²) in [5, 5.41) is 2.75. The van der Waals surface area contributed by atoms with E-state index in [2.05, 4.69) is 21.3 Å². The van der Waals surface area contributed by atoms with Crippen molar-refractivity contribution in [3.8, 4) is 18.2 Å². The van der Waals surface area contributed by atoms with E-state index in [9.17, 15) is 0 Å². The van der Waals surface area contributed by atoms with E-state index in [1.54, 1.807) is 6.92 Å². The van der Waals surface area contributed by atoms with E-state index in [0.29, 0.717) is 11.8 Å². The number of nitrogens with two attached hydrogens (primary N) is 1. The molecule has 0 aromatic carbocycles. The Morgan fingerprint density at radius 3 is 3.12 bits per heavy atom. The maximum Gasteiger partial charge on any atom is 0.241 e. The summed E-state index contributed by atoms with van der Waals surface area (Å²) >= 11 is 1.49. The van der Waals surface area contributed by atoms with Gasteiger partial charge in [0.15, 0.2) is 6.10 Å². The normalized spacial score (nSPS) is 12.1. The number of terminal acetylenes is 1. The highest BCUT2D eigenvalue weighted by Crippen LogP contribution is 2.28. The lowest BCUT2D eigenvalue weighted by Gasteiger charge is -2.09. The van der Waals surface area contributed by atoms with Crippen LogP contribution in [0.25, 0.3) is 10.2 Å². The second-order valence-corrected chi connectivity index (χ2v) is 3.96. The Labute approximate surface area is 96.6 Å². The number of nitrogen functional groups attached to an aromatic ring is 1. The van der Waals surface area contributed by atoms with Gasteiger partial charge in [-0.15, -0.1) is 17.8 Å². The van der Waals surface area contributed by atoms with E-state index in [0.717, 1.165) is 10.2 Å². The van der Waals surface area contributed by atoms with Gasteiger partial charge in [0.2, 0.25) is 11.8 Å². The van der Waals surface area contributed by atoms with Crippen LogP contribution in [-0.4, -0.2) is 16.1 Å². The second kappa shape index (κ2) is 4.35. The Balaban J connectivity index is 2.49. The molecule has 2 aromatic heterocycles. The minimum Gasteiger partial charge on any atom is -0.461 e. The number of hydrazine groups is 1. The lowest BCUT2D eigenvalue weighted by Crippen LogP contribution is -2.13. The lowest BCUT2D eigenvalue weighted by molar-refractivity contribution is 0.272. The average Bonchev–Trinajstić information content (AvgIpc) is 2.76. The van der Waals surface area contributed by atoms with E-state index in [1.807, 2.05) is 11.4 Å². The van der Waals surface area contributed by atoms with Crippen molar-refractivity contribution in [1.82, 2.24) is 9.97 Å². The fourth-order valence-electron chi connectivity index (χ4n) is 1.18. The van der Waals surface area contributed by atoms with Gasteiger partial charge in [-0.1, -0.05) is 5.92 Å². The highest BCUT2D eigenvalue weighted by molar-refractivity contribution is 7.16. The van der Waals surface area contributed by atoms with Crippen LogP contribution in [0.2, 0.25) is 0 Å². The maximum absolute atomic E-state index is 5.50. The highest BCUT2D eigenvalue weighted by Gasteiger charge is 2.11. The Kier molecular flexibility index (Phi) is 2.90. The van der Waals surface area contributed by atoms with Crippen molar-refractivity contribution < 1.29 is 4.74 Å². The maximum atomic E-state index is 5.50. The van der Waals surface area contributed by atoms with Crippen LogP contribution in [-0.2, 0) is 0 Å². The third-order valence-electron chi connectivity index (χ3n) is 1.94. The molecule has 0 aliphatic carbocycles. The van der Waals surface area contributed by atoms with Gasteiger partial charge in [0.05, 0.1) is 5.39 Å². The summed E-state index contributed by atoms with van der Waals surface area (Å²) in [4.78, 5) is 9.12. The number of rotatable bonds is 3. The minimum atomic E-state index is -0.344. The van der Waals surface area contributed by atoms with E-state index in [1.165, 1.54) is 11.3 Å². The quantitative estimate of drug-likeness (QED) is 0.477. The smallest absolute Gasteiger partial charge is 0.241 e. The van der Waals surface area contributed by atoms with Gasteiger partial charge in [0.25, 0.3) is 0 Å². The topological polar surface area (TPSA) is 73.1 Å². The number of anilines is 1. The number of nitrogens with one attached hydrogen (secondary N) is 1. The molecule has 0 spiro atoms. The third kappa shape index (κ3) is 1.91. The molecule has 1 atom stereocenters. The summed E-state index contributed by atoms with van der Waals surface area (Å²) in [6, 6.07) is 1.89. The monoisotopic (exact) mass is 234 g/mol. The molecule has 0 saturated heterocycles. The summed E-state index contributed by atoms with van der Waals surface area (Å²) in [7, 11) is 0. The zero-order valence-electron chi connectivity index (χ0n) is 8.60. The summed E-state index contributed by atoms with van der Waals surface area (Å²) in [6.07, 6.45) is 4.91. The predicted octanol–water partition coefficient (Wildman–Crippen LogP) is 1.38. The zero-order valence-corrected chi connectivity index (χ0v) is 9.41. The standard InChI is InChI=1S/C10H10N4OS/c1-3-6(2)15-8-7-4-5-16-9(7)13-10(12-8)14-11/h1,4-6H,11H2,2H3,(H,12,13,14). The van der Waals surface area contributed by atoms with Gasteiger partial charge in [0, 0.05) is 0 Å². The molecule has 2 aromatic rings. The van der Waals surface area contributed by atoms with Crippen molar-refractivity contribution in [2.24, 2.45) is 5.84 Å². The molecular formula is C10H10N4OS. The highest BCUT2D eigenvalue weighted by atomic mass is 32.1. The summed E-state index contributed by atoms with van der Waals surface area (Å²) < 4.78 is 5.50. The molecule has 0 radical (unpaired) electrons. The first-order chi connectivity index (χ1) is 7.74. The van der Waals surface area contributed by atoms with Crippen LogP contribution < -0.4 is 16.0 Å². The van der Waals surface area contributed by atoms with Gasteiger partial charge in [-0.3, -0.25) is 5.43 Å². The largest absolute Gasteiger partial charge is 0.461 e. The molecule has 2 heterocycles. The summed E-state index contributed by atoms with van der Waals surface area (Å²) in [5.74, 6) is 8.52. The molecule has 3 N–H and O–H groups in total. The van der Waals surface area contributed by atoms with E-state index >= 15 is 0 Å². The first kappa shape index (κ1) is 10.7. The number of hydrogen-bond acceptors (Lipinski definition) is 6. The number of aromatic nitrogens is 2. The molecule has 0 bridgehead atoms. The molecule has 0 aliphatic rings. The molecule has 2 rings (SSSR count).